The maximum Gasteiger partial charge on any atom is 0.328 e. The van der Waals surface area contributed by atoms with Crippen LogP contribution >= 0.6 is 0 Å². The number of nitrogens with zero attached hydrogens (tertiary/aromatic N) is 2. The molecule has 3 N–H and O–H groups in total. The van der Waals surface area contributed by atoms with E-state index in [0.717, 1.165) is 11.9 Å². The predicted molar refractivity (Wildman–Crippen MR) is 84.3 cm³/mol. The van der Waals surface area contributed by atoms with E-state index >= 15 is 0 Å². The Morgan fingerprint density at radius 2 is 2.12 bits per heavy atom. The van der Waals surface area contributed by atoms with E-state index in [2.05, 4.69) is 15.3 Å². The molecule has 1 aromatic heterocycles. The molecule has 128 valence electrons. The van der Waals surface area contributed by atoms with E-state index in [0.29, 0.717) is 0 Å². The van der Waals surface area contributed by atoms with Gasteiger partial charge in [-0.15, -0.1) is 0 Å². The number of H-pyrrole nitrogens is 1. The van der Waals surface area contributed by atoms with Crippen molar-refractivity contribution in [3.63, 3.8) is 0 Å². The number of anilines is 1. The molecule has 9 heteroatoms. The van der Waals surface area contributed by atoms with Crippen molar-refractivity contribution in [3.05, 3.63) is 53.1 Å². The van der Waals surface area contributed by atoms with E-state index in [4.69, 9.17) is 9.94 Å². The molecule has 1 heterocycles. The predicted octanol–water partition coefficient (Wildman–Crippen LogP) is 1.01. The largest absolute Gasteiger partial charge is 0.732 e. The van der Waals surface area contributed by atoms with E-state index < -0.39 is 29.0 Å². The second kappa shape index (κ2) is 8.09. The highest BCUT2D eigenvalue weighted by molar-refractivity contribution is 5.99. The minimum Gasteiger partial charge on any atom is -0.732 e. The molecular weight excluding hydrogens is 316 g/mol. The minimum absolute atomic E-state index is 0.167. The molecule has 0 fully saturated rings. The van der Waals surface area contributed by atoms with Crippen molar-refractivity contribution in [1.29, 1.82) is 0 Å². The van der Waals surface area contributed by atoms with E-state index in [1.807, 2.05) is 30.3 Å². The molecule has 1 aromatic carbocycles. The van der Waals surface area contributed by atoms with Crippen LogP contribution in [0.25, 0.3) is 0 Å². The first-order valence-corrected chi connectivity index (χ1v) is 7.23. The monoisotopic (exact) mass is 333 g/mol. The van der Waals surface area contributed by atoms with Crippen LogP contribution in [0.1, 0.15) is 23.0 Å². The molecule has 1 atom stereocenters. The molecule has 0 bridgehead atoms. The lowest BCUT2D eigenvalue weighted by Gasteiger charge is -2.21. The number of rotatable bonds is 7. The Morgan fingerprint density at radius 3 is 2.75 bits per heavy atom. The number of aromatic amines is 1. The molecule has 0 radical (unpaired) electrons. The molecule has 0 aliphatic carbocycles. The molecule has 0 saturated carbocycles. The standard InChI is InChI=1S/C15H17N4O5/c1-2-24-15(21)11(8-10-6-4-3-5-7-10)18-14(20)12-13(19(22)23)17-9-16-12/h3-7,9,11,22H,2,8H2,1H3,(H,16,17)(H,18,20)/q-1. The summed E-state index contributed by atoms with van der Waals surface area (Å²) >= 11 is 0. The Morgan fingerprint density at radius 1 is 1.42 bits per heavy atom. The number of esters is 1. The van der Waals surface area contributed by atoms with Crippen LogP contribution in [-0.4, -0.2) is 39.7 Å². The summed E-state index contributed by atoms with van der Waals surface area (Å²) in [5, 5.41) is 21.9. The first kappa shape index (κ1) is 17.4. The third-order valence-corrected chi connectivity index (χ3v) is 3.19. The number of imidazole rings is 1. The van der Waals surface area contributed by atoms with Gasteiger partial charge in [0.2, 0.25) is 0 Å². The number of carbonyl (C=O) groups excluding carboxylic acids is 2. The zero-order valence-electron chi connectivity index (χ0n) is 12.9. The Bertz CT molecular complexity index is 686. The van der Waals surface area contributed by atoms with Gasteiger partial charge in [0.15, 0.2) is 5.82 Å². The van der Waals surface area contributed by atoms with E-state index in [-0.39, 0.29) is 18.7 Å². The van der Waals surface area contributed by atoms with Crippen molar-refractivity contribution < 1.29 is 19.5 Å². The quantitative estimate of drug-likeness (QED) is 0.509. The number of carbonyl (C=O) groups is 2. The highest BCUT2D eigenvalue weighted by Gasteiger charge is 2.25. The fraction of sp³-hybridized carbons (Fsp3) is 0.267. The average Bonchev–Trinajstić information content (AvgIpc) is 3.05. The minimum atomic E-state index is -0.949. The Kier molecular flexibility index (Phi) is 5.88. The zero-order valence-corrected chi connectivity index (χ0v) is 12.9. The summed E-state index contributed by atoms with van der Waals surface area (Å²) in [6.07, 6.45) is 1.30. The highest BCUT2D eigenvalue weighted by Crippen LogP contribution is 2.13. The van der Waals surface area contributed by atoms with Crippen LogP contribution in [0.5, 0.6) is 0 Å². The molecule has 9 nitrogen and oxygen atoms in total. The lowest BCUT2D eigenvalue weighted by Crippen LogP contribution is -2.43. The van der Waals surface area contributed by atoms with E-state index in [1.54, 1.807) is 6.92 Å². The molecule has 24 heavy (non-hydrogen) atoms. The van der Waals surface area contributed by atoms with E-state index in [9.17, 15) is 14.8 Å². The number of benzene rings is 1. The normalized spacial score (nSPS) is 11.6. The lowest BCUT2D eigenvalue weighted by molar-refractivity contribution is -0.145. The number of ether oxygens (including phenoxy) is 1. The summed E-state index contributed by atoms with van der Waals surface area (Å²) < 4.78 is 4.97. The van der Waals surface area contributed by atoms with Crippen molar-refractivity contribution in [2.45, 2.75) is 19.4 Å². The summed E-state index contributed by atoms with van der Waals surface area (Å²) in [6, 6.07) is 8.14. The summed E-state index contributed by atoms with van der Waals surface area (Å²) in [5.74, 6) is -1.85. The lowest BCUT2D eigenvalue weighted by atomic mass is 10.1. The van der Waals surface area contributed by atoms with Crippen molar-refractivity contribution >= 4 is 17.7 Å². The number of aromatic nitrogens is 2. The second-order valence-corrected chi connectivity index (χ2v) is 4.84. The van der Waals surface area contributed by atoms with Gasteiger partial charge < -0.3 is 25.5 Å². The molecule has 0 spiro atoms. The Labute approximate surface area is 137 Å². The van der Waals surface area contributed by atoms with Gasteiger partial charge in [0.25, 0.3) is 5.91 Å². The van der Waals surface area contributed by atoms with Crippen molar-refractivity contribution in [3.8, 4) is 0 Å². The summed E-state index contributed by atoms with van der Waals surface area (Å²) in [4.78, 5) is 30.4. The van der Waals surface area contributed by atoms with Crippen molar-refractivity contribution in [2.24, 2.45) is 0 Å². The smallest absolute Gasteiger partial charge is 0.328 e. The topological polar surface area (TPSA) is 131 Å². The van der Waals surface area contributed by atoms with Gasteiger partial charge in [0.1, 0.15) is 11.7 Å². The maximum absolute atomic E-state index is 12.3. The Balaban J connectivity index is 2.16. The van der Waals surface area contributed by atoms with E-state index in [1.165, 1.54) is 0 Å². The zero-order chi connectivity index (χ0) is 17.5. The second-order valence-electron chi connectivity index (χ2n) is 4.84. The summed E-state index contributed by atoms with van der Waals surface area (Å²) in [6.45, 7) is 1.83. The Hall–Kier alpha value is -2.91. The van der Waals surface area contributed by atoms with Crippen LogP contribution in [0.4, 0.5) is 5.82 Å². The van der Waals surface area contributed by atoms with Gasteiger partial charge in [-0.05, 0) is 12.5 Å². The fourth-order valence-electron chi connectivity index (χ4n) is 2.12. The third-order valence-electron chi connectivity index (χ3n) is 3.19. The van der Waals surface area contributed by atoms with Crippen molar-refractivity contribution in [2.75, 3.05) is 11.8 Å². The average molecular weight is 333 g/mol. The molecule has 0 aliphatic rings. The van der Waals surface area contributed by atoms with Gasteiger partial charge in [-0.3, -0.25) is 10.0 Å². The molecule has 1 amide bonds. The third kappa shape index (κ3) is 4.31. The van der Waals surface area contributed by atoms with Crippen LogP contribution in [0.2, 0.25) is 0 Å². The van der Waals surface area contributed by atoms with Gasteiger partial charge in [0, 0.05) is 6.42 Å². The maximum atomic E-state index is 12.3. The summed E-state index contributed by atoms with van der Waals surface area (Å²) in [7, 11) is 0. The molecule has 1 unspecified atom stereocenters. The van der Waals surface area contributed by atoms with Gasteiger partial charge >= 0.3 is 5.97 Å². The van der Waals surface area contributed by atoms with Gasteiger partial charge in [-0.25, -0.2) is 9.78 Å². The van der Waals surface area contributed by atoms with Crippen LogP contribution in [-0.2, 0) is 16.0 Å². The summed E-state index contributed by atoms with van der Waals surface area (Å²) in [5.41, 5.74) is 0.572. The first-order chi connectivity index (χ1) is 11.5. The molecule has 0 aliphatic heterocycles. The number of nitrogens with one attached hydrogen (secondary N) is 2. The van der Waals surface area contributed by atoms with Gasteiger partial charge in [-0.2, -0.15) is 0 Å². The van der Waals surface area contributed by atoms with Crippen LogP contribution < -0.4 is 10.5 Å². The molecule has 0 saturated heterocycles. The fourth-order valence-corrected chi connectivity index (χ4v) is 2.12. The highest BCUT2D eigenvalue weighted by atomic mass is 16.8. The molecular formula is C15H17N4O5-. The van der Waals surface area contributed by atoms with Crippen LogP contribution in [0, 0.1) is 5.21 Å². The van der Waals surface area contributed by atoms with Crippen molar-refractivity contribution in [1.82, 2.24) is 15.3 Å². The number of amides is 1. The number of hydrogen-bond donors (Lipinski definition) is 3. The first-order valence-electron chi connectivity index (χ1n) is 7.23. The van der Waals surface area contributed by atoms with Gasteiger partial charge in [-0.1, -0.05) is 30.3 Å². The SMILES string of the molecule is CCOC(=O)C(Cc1ccccc1)NC(=O)c1[nH]cnc1N([O-])O. The molecule has 2 rings (SSSR count). The van der Waals surface area contributed by atoms with Crippen LogP contribution in [0.3, 0.4) is 0 Å². The van der Waals surface area contributed by atoms with Crippen LogP contribution in [0.15, 0.2) is 36.7 Å². The number of hydrogen-bond acceptors (Lipinski definition) is 7. The molecule has 2 aromatic rings. The van der Waals surface area contributed by atoms with Gasteiger partial charge in [0.05, 0.1) is 12.9 Å².